The number of Topliss-reactive ketones (excluding diaryl/α,β-unsaturated/α-hetero) is 1. The molecule has 0 amide bonds. The second-order valence-electron chi connectivity index (χ2n) is 4.06. The third kappa shape index (κ3) is 5.30. The Hall–Kier alpha value is -1.40. The van der Waals surface area contributed by atoms with Crippen LogP contribution in [0, 0.1) is 0 Å². The van der Waals surface area contributed by atoms with Gasteiger partial charge in [0.25, 0.3) is 0 Å². The van der Waals surface area contributed by atoms with Crippen LogP contribution in [0.5, 0.6) is 0 Å². The molecule has 0 spiro atoms. The fraction of sp³-hybridized carbons (Fsp3) is 0.385. The van der Waals surface area contributed by atoms with E-state index in [1.165, 1.54) is 24.3 Å². The number of ketones is 1. The smallest absolute Gasteiger partial charge is 0.306 e. The van der Waals surface area contributed by atoms with Crippen LogP contribution in [0.4, 0.5) is 0 Å². The number of esters is 1. The zero-order chi connectivity index (χ0) is 15.2. The Kier molecular flexibility index (Phi) is 6.16. The molecular formula is C13H15ClO5S. The molecule has 5 nitrogen and oxygen atoms in total. The van der Waals surface area contributed by atoms with Crippen molar-refractivity contribution in [3.05, 3.63) is 29.3 Å². The van der Waals surface area contributed by atoms with Crippen LogP contribution in [0.25, 0.3) is 0 Å². The molecule has 0 aromatic heterocycles. The Balaban J connectivity index is 2.60. The van der Waals surface area contributed by atoms with Gasteiger partial charge in [-0.25, -0.2) is 8.42 Å². The standard InChI is InChI=1S/C13H15ClO5S/c1-2-19-13(16)8-5-11(15)9-20(17,18)12-6-3-10(14)4-7-12/h3-4,6-7H,2,5,8-9H2,1H3. The summed E-state index contributed by atoms with van der Waals surface area (Å²) in [5, 5.41) is 0.414. The summed E-state index contributed by atoms with van der Waals surface area (Å²) in [5.41, 5.74) is 0. The first-order valence-electron chi connectivity index (χ1n) is 6.01. The number of benzene rings is 1. The normalized spacial score (nSPS) is 11.1. The second-order valence-corrected chi connectivity index (χ2v) is 6.48. The summed E-state index contributed by atoms with van der Waals surface area (Å²) in [5.74, 6) is -1.66. The summed E-state index contributed by atoms with van der Waals surface area (Å²) in [4.78, 5) is 22.7. The Labute approximate surface area is 122 Å². The van der Waals surface area contributed by atoms with Gasteiger partial charge in [0.1, 0.15) is 11.5 Å². The van der Waals surface area contributed by atoms with Crippen molar-refractivity contribution in [3.8, 4) is 0 Å². The number of halogens is 1. The molecule has 1 aromatic carbocycles. The van der Waals surface area contributed by atoms with Gasteiger partial charge in [0.2, 0.25) is 0 Å². The van der Waals surface area contributed by atoms with Gasteiger partial charge in [-0.1, -0.05) is 11.6 Å². The highest BCUT2D eigenvalue weighted by Gasteiger charge is 2.19. The van der Waals surface area contributed by atoms with Crippen molar-refractivity contribution >= 4 is 33.2 Å². The van der Waals surface area contributed by atoms with E-state index >= 15 is 0 Å². The average Bonchev–Trinajstić information content (AvgIpc) is 2.37. The number of carbonyl (C=O) groups excluding carboxylic acids is 2. The number of rotatable bonds is 7. The summed E-state index contributed by atoms with van der Waals surface area (Å²) in [7, 11) is -3.70. The maximum atomic E-state index is 11.9. The molecule has 0 saturated heterocycles. The molecule has 0 N–H and O–H groups in total. The monoisotopic (exact) mass is 318 g/mol. The summed E-state index contributed by atoms with van der Waals surface area (Å²) in [6.07, 6.45) is -0.255. The Morgan fingerprint density at radius 3 is 2.30 bits per heavy atom. The van der Waals surface area contributed by atoms with Gasteiger partial charge in [-0.05, 0) is 31.2 Å². The summed E-state index contributed by atoms with van der Waals surface area (Å²) >= 11 is 5.67. The van der Waals surface area contributed by atoms with E-state index in [0.717, 1.165) is 0 Å². The van der Waals surface area contributed by atoms with E-state index in [1.807, 2.05) is 0 Å². The van der Waals surface area contributed by atoms with Gasteiger partial charge >= 0.3 is 5.97 Å². The second kappa shape index (κ2) is 7.40. The van der Waals surface area contributed by atoms with Gasteiger partial charge in [0, 0.05) is 11.4 Å². The molecule has 0 bridgehead atoms. The van der Waals surface area contributed by atoms with Gasteiger partial charge in [-0.15, -0.1) is 0 Å². The van der Waals surface area contributed by atoms with Crippen molar-refractivity contribution in [2.24, 2.45) is 0 Å². The van der Waals surface area contributed by atoms with Crippen molar-refractivity contribution < 1.29 is 22.7 Å². The van der Waals surface area contributed by atoms with Crippen molar-refractivity contribution in [2.75, 3.05) is 12.4 Å². The van der Waals surface area contributed by atoms with E-state index < -0.39 is 27.3 Å². The van der Waals surface area contributed by atoms with Crippen LogP contribution in [-0.2, 0) is 24.2 Å². The molecule has 0 unspecified atom stereocenters. The van der Waals surface area contributed by atoms with Gasteiger partial charge in [0.05, 0.1) is 17.9 Å². The third-order valence-corrected chi connectivity index (χ3v) is 4.38. The first-order valence-corrected chi connectivity index (χ1v) is 8.04. The molecule has 0 fully saturated rings. The van der Waals surface area contributed by atoms with E-state index in [4.69, 9.17) is 11.6 Å². The minimum absolute atomic E-state index is 0.0337. The quantitative estimate of drug-likeness (QED) is 0.719. The zero-order valence-electron chi connectivity index (χ0n) is 11.0. The number of ether oxygens (including phenoxy) is 1. The van der Waals surface area contributed by atoms with Gasteiger partial charge in [0.15, 0.2) is 9.84 Å². The van der Waals surface area contributed by atoms with Crippen molar-refractivity contribution in [1.29, 1.82) is 0 Å². The molecule has 0 aliphatic carbocycles. The fourth-order valence-corrected chi connectivity index (χ4v) is 2.90. The van der Waals surface area contributed by atoms with Crippen LogP contribution >= 0.6 is 11.6 Å². The van der Waals surface area contributed by atoms with E-state index in [9.17, 15) is 18.0 Å². The number of carbonyl (C=O) groups is 2. The van der Waals surface area contributed by atoms with E-state index in [-0.39, 0.29) is 24.3 Å². The molecule has 1 rings (SSSR count). The summed E-state index contributed by atoms with van der Waals surface area (Å²) in [6, 6.07) is 5.57. The average molecular weight is 319 g/mol. The largest absolute Gasteiger partial charge is 0.466 e. The predicted octanol–water partition coefficient (Wildman–Crippen LogP) is 2.03. The minimum atomic E-state index is -3.70. The molecule has 0 aliphatic rings. The zero-order valence-corrected chi connectivity index (χ0v) is 12.5. The van der Waals surface area contributed by atoms with Crippen molar-refractivity contribution in [3.63, 3.8) is 0 Å². The highest BCUT2D eigenvalue weighted by atomic mass is 35.5. The summed E-state index contributed by atoms with van der Waals surface area (Å²) in [6.45, 7) is 1.89. The van der Waals surface area contributed by atoms with Gasteiger partial charge < -0.3 is 4.74 Å². The Morgan fingerprint density at radius 1 is 1.15 bits per heavy atom. The highest BCUT2D eigenvalue weighted by Crippen LogP contribution is 2.16. The molecule has 0 saturated carbocycles. The molecule has 110 valence electrons. The van der Waals surface area contributed by atoms with E-state index in [2.05, 4.69) is 4.74 Å². The fourth-order valence-electron chi connectivity index (χ4n) is 1.48. The topological polar surface area (TPSA) is 77.5 Å². The lowest BCUT2D eigenvalue weighted by Gasteiger charge is -2.04. The first kappa shape index (κ1) is 16.7. The lowest BCUT2D eigenvalue weighted by Crippen LogP contribution is -2.17. The summed E-state index contributed by atoms with van der Waals surface area (Å²) < 4.78 is 28.6. The lowest BCUT2D eigenvalue weighted by molar-refractivity contribution is -0.144. The predicted molar refractivity (Wildman–Crippen MR) is 74.4 cm³/mol. The minimum Gasteiger partial charge on any atom is -0.466 e. The van der Waals surface area contributed by atoms with Crippen LogP contribution in [0.3, 0.4) is 0 Å². The van der Waals surface area contributed by atoms with Gasteiger partial charge in [-0.3, -0.25) is 9.59 Å². The Bertz CT molecular complexity index is 577. The number of hydrogen-bond acceptors (Lipinski definition) is 5. The molecule has 0 heterocycles. The van der Waals surface area contributed by atoms with E-state index in [1.54, 1.807) is 6.92 Å². The first-order chi connectivity index (χ1) is 9.35. The molecule has 20 heavy (non-hydrogen) atoms. The van der Waals surface area contributed by atoms with Crippen LogP contribution in [0.15, 0.2) is 29.2 Å². The maximum absolute atomic E-state index is 11.9. The molecule has 0 radical (unpaired) electrons. The van der Waals surface area contributed by atoms with Crippen LogP contribution in [0.2, 0.25) is 5.02 Å². The lowest BCUT2D eigenvalue weighted by atomic mass is 10.2. The van der Waals surface area contributed by atoms with Crippen molar-refractivity contribution in [1.82, 2.24) is 0 Å². The van der Waals surface area contributed by atoms with Crippen LogP contribution in [0.1, 0.15) is 19.8 Å². The maximum Gasteiger partial charge on any atom is 0.306 e. The SMILES string of the molecule is CCOC(=O)CCC(=O)CS(=O)(=O)c1ccc(Cl)cc1. The van der Waals surface area contributed by atoms with Crippen molar-refractivity contribution in [2.45, 2.75) is 24.7 Å². The molecule has 1 aromatic rings. The third-order valence-electron chi connectivity index (χ3n) is 2.44. The number of sulfone groups is 1. The molecule has 0 atom stereocenters. The molecular weight excluding hydrogens is 304 g/mol. The number of hydrogen-bond donors (Lipinski definition) is 0. The van der Waals surface area contributed by atoms with Gasteiger partial charge in [-0.2, -0.15) is 0 Å². The molecule has 7 heteroatoms. The van der Waals surface area contributed by atoms with E-state index in [0.29, 0.717) is 5.02 Å². The Morgan fingerprint density at radius 2 is 1.75 bits per heavy atom. The van der Waals surface area contributed by atoms with Crippen LogP contribution in [-0.4, -0.2) is 32.5 Å². The molecule has 0 aliphatic heterocycles. The van der Waals surface area contributed by atoms with Crippen LogP contribution < -0.4 is 0 Å². The highest BCUT2D eigenvalue weighted by molar-refractivity contribution is 7.92.